The minimum Gasteiger partial charge on any atom is -0.349 e. The lowest BCUT2D eigenvalue weighted by Gasteiger charge is -2.25. The average molecular weight is 371 g/mol. The molecule has 7 heteroatoms. The van der Waals surface area contributed by atoms with Gasteiger partial charge in [0.05, 0.1) is 9.77 Å². The Balaban J connectivity index is 1.66. The van der Waals surface area contributed by atoms with E-state index in [1.165, 1.54) is 24.2 Å². The highest BCUT2D eigenvalue weighted by molar-refractivity contribution is 7.89. The van der Waals surface area contributed by atoms with Crippen LogP contribution in [0.2, 0.25) is 0 Å². The van der Waals surface area contributed by atoms with E-state index in [4.69, 9.17) is 0 Å². The fourth-order valence-corrected chi connectivity index (χ4v) is 6.19. The van der Waals surface area contributed by atoms with Gasteiger partial charge in [-0.25, -0.2) is 8.42 Å². The first-order valence-electron chi connectivity index (χ1n) is 8.97. The second-order valence-electron chi connectivity index (χ2n) is 6.77. The first-order valence-corrected chi connectivity index (χ1v) is 11.3. The van der Waals surface area contributed by atoms with Crippen LogP contribution in [0.4, 0.5) is 0 Å². The number of hydrogen-bond donors (Lipinski definition) is 1. The molecular formula is C17H26N2O3S2. The molecule has 2 fully saturated rings. The van der Waals surface area contributed by atoms with Crippen LogP contribution in [0.15, 0.2) is 16.3 Å². The maximum Gasteiger partial charge on any atom is 0.261 e. The van der Waals surface area contributed by atoms with E-state index in [-0.39, 0.29) is 16.8 Å². The molecule has 1 aliphatic heterocycles. The van der Waals surface area contributed by atoms with Crippen molar-refractivity contribution in [3.63, 3.8) is 0 Å². The van der Waals surface area contributed by atoms with Crippen LogP contribution >= 0.6 is 11.3 Å². The summed E-state index contributed by atoms with van der Waals surface area (Å²) in [6.07, 6.45) is 9.76. The average Bonchev–Trinajstić information content (AvgIpc) is 2.97. The van der Waals surface area contributed by atoms with Crippen molar-refractivity contribution in [3.8, 4) is 0 Å². The Hall–Kier alpha value is -0.920. The van der Waals surface area contributed by atoms with E-state index in [2.05, 4.69) is 5.32 Å². The first-order chi connectivity index (χ1) is 11.6. The standard InChI is InChI=1S/C17H26N2O3S2/c20-17(18-14-8-4-1-2-5-9-14)16-12-15(13-23-16)24(21,22)19-10-6-3-7-11-19/h12-14H,1-11H2,(H,18,20). The molecule has 5 nitrogen and oxygen atoms in total. The summed E-state index contributed by atoms with van der Waals surface area (Å²) < 4.78 is 26.9. The molecule has 0 atom stereocenters. The molecule has 1 aromatic rings. The number of nitrogens with zero attached hydrogens (tertiary/aromatic N) is 1. The number of amides is 1. The molecule has 1 aromatic heterocycles. The highest BCUT2D eigenvalue weighted by Crippen LogP contribution is 2.25. The van der Waals surface area contributed by atoms with Crippen molar-refractivity contribution in [2.24, 2.45) is 0 Å². The quantitative estimate of drug-likeness (QED) is 0.826. The molecule has 0 unspecified atom stereocenters. The normalized spacial score (nSPS) is 21.3. The van der Waals surface area contributed by atoms with Crippen molar-refractivity contribution < 1.29 is 13.2 Å². The van der Waals surface area contributed by atoms with Crippen LogP contribution < -0.4 is 5.32 Å². The number of carbonyl (C=O) groups is 1. The molecule has 0 bridgehead atoms. The Bertz CT molecular complexity index is 655. The number of carbonyl (C=O) groups excluding carboxylic acids is 1. The number of sulfonamides is 1. The predicted molar refractivity (Wildman–Crippen MR) is 95.9 cm³/mol. The van der Waals surface area contributed by atoms with Crippen LogP contribution in [0.25, 0.3) is 0 Å². The number of rotatable bonds is 4. The van der Waals surface area contributed by atoms with Crippen LogP contribution in [0, 0.1) is 0 Å². The predicted octanol–water partition coefficient (Wildman–Crippen LogP) is 3.38. The number of piperidine rings is 1. The van der Waals surface area contributed by atoms with Crippen LogP contribution in [0.1, 0.15) is 67.5 Å². The van der Waals surface area contributed by atoms with Gasteiger partial charge in [0.1, 0.15) is 0 Å². The maximum atomic E-state index is 12.7. The fraction of sp³-hybridized carbons (Fsp3) is 0.706. The van der Waals surface area contributed by atoms with Crippen molar-refractivity contribution in [2.45, 2.75) is 68.7 Å². The van der Waals surface area contributed by atoms with Crippen molar-refractivity contribution in [1.82, 2.24) is 9.62 Å². The third-order valence-corrected chi connectivity index (χ3v) is 7.90. The van der Waals surface area contributed by atoms with Gasteiger partial charge < -0.3 is 5.32 Å². The summed E-state index contributed by atoms with van der Waals surface area (Å²) in [6, 6.07) is 1.77. The monoisotopic (exact) mass is 370 g/mol. The van der Waals surface area contributed by atoms with E-state index in [9.17, 15) is 13.2 Å². The topological polar surface area (TPSA) is 66.5 Å². The molecule has 1 saturated carbocycles. The second-order valence-corrected chi connectivity index (χ2v) is 9.62. The van der Waals surface area contributed by atoms with E-state index in [0.29, 0.717) is 18.0 Å². The summed E-state index contributed by atoms with van der Waals surface area (Å²) in [5.41, 5.74) is 0. The summed E-state index contributed by atoms with van der Waals surface area (Å²) >= 11 is 1.22. The molecule has 2 heterocycles. The summed E-state index contributed by atoms with van der Waals surface area (Å²) in [6.45, 7) is 1.17. The molecule has 134 valence electrons. The Morgan fingerprint density at radius 2 is 1.67 bits per heavy atom. The Morgan fingerprint density at radius 1 is 1.04 bits per heavy atom. The zero-order chi connectivity index (χ0) is 17.0. The molecule has 3 rings (SSSR count). The van der Waals surface area contributed by atoms with Crippen LogP contribution in [-0.4, -0.2) is 37.8 Å². The third kappa shape index (κ3) is 4.18. The van der Waals surface area contributed by atoms with Gasteiger partial charge in [-0.2, -0.15) is 4.31 Å². The lowest BCUT2D eigenvalue weighted by atomic mass is 10.1. The summed E-state index contributed by atoms with van der Waals surface area (Å²) in [4.78, 5) is 13.2. The molecule has 0 aromatic carbocycles. The largest absolute Gasteiger partial charge is 0.349 e. The Kier molecular flexibility index (Phi) is 5.94. The van der Waals surface area contributed by atoms with Crippen LogP contribution in [0.3, 0.4) is 0 Å². The third-order valence-electron chi connectivity index (χ3n) is 4.94. The minimum atomic E-state index is -3.45. The fourth-order valence-electron chi connectivity index (χ4n) is 3.51. The molecule has 1 aliphatic carbocycles. The van der Waals surface area contributed by atoms with Crippen LogP contribution in [0.5, 0.6) is 0 Å². The highest BCUT2D eigenvalue weighted by atomic mass is 32.2. The molecule has 1 amide bonds. The maximum absolute atomic E-state index is 12.7. The van der Waals surface area contributed by atoms with Gasteiger partial charge in [0.25, 0.3) is 5.91 Å². The number of nitrogens with one attached hydrogen (secondary N) is 1. The molecule has 1 saturated heterocycles. The zero-order valence-corrected chi connectivity index (χ0v) is 15.6. The van der Waals surface area contributed by atoms with Crippen molar-refractivity contribution >= 4 is 27.3 Å². The van der Waals surface area contributed by atoms with E-state index >= 15 is 0 Å². The van der Waals surface area contributed by atoms with Gasteiger partial charge >= 0.3 is 0 Å². The lowest BCUT2D eigenvalue weighted by Crippen LogP contribution is -2.35. The van der Waals surface area contributed by atoms with Gasteiger partial charge in [-0.1, -0.05) is 32.1 Å². The second kappa shape index (κ2) is 7.97. The van der Waals surface area contributed by atoms with Gasteiger partial charge in [-0.15, -0.1) is 11.3 Å². The van der Waals surface area contributed by atoms with E-state index in [1.54, 1.807) is 15.8 Å². The molecular weight excluding hydrogens is 344 g/mol. The van der Waals surface area contributed by atoms with E-state index in [0.717, 1.165) is 44.9 Å². The number of thiophene rings is 1. The van der Waals surface area contributed by atoms with E-state index < -0.39 is 10.0 Å². The van der Waals surface area contributed by atoms with Crippen molar-refractivity contribution in [2.75, 3.05) is 13.1 Å². The van der Waals surface area contributed by atoms with Gasteiger partial charge in [-0.3, -0.25) is 4.79 Å². The molecule has 0 radical (unpaired) electrons. The SMILES string of the molecule is O=C(NC1CCCCCC1)c1cc(S(=O)(=O)N2CCCCC2)cs1. The Labute approximate surface area is 148 Å². The smallest absolute Gasteiger partial charge is 0.261 e. The molecule has 0 spiro atoms. The van der Waals surface area contributed by atoms with Gasteiger partial charge in [-0.05, 0) is 31.7 Å². The highest BCUT2D eigenvalue weighted by Gasteiger charge is 2.28. The molecule has 24 heavy (non-hydrogen) atoms. The molecule has 1 N–H and O–H groups in total. The van der Waals surface area contributed by atoms with Crippen LogP contribution in [-0.2, 0) is 10.0 Å². The van der Waals surface area contributed by atoms with Gasteiger partial charge in [0, 0.05) is 24.5 Å². The minimum absolute atomic E-state index is 0.132. The lowest BCUT2D eigenvalue weighted by molar-refractivity contribution is 0.0937. The van der Waals surface area contributed by atoms with Gasteiger partial charge in [0.15, 0.2) is 0 Å². The molecule has 2 aliphatic rings. The van der Waals surface area contributed by atoms with Gasteiger partial charge in [0.2, 0.25) is 10.0 Å². The summed E-state index contributed by atoms with van der Waals surface area (Å²) in [7, 11) is -3.45. The number of hydrogen-bond acceptors (Lipinski definition) is 4. The van der Waals surface area contributed by atoms with Crippen molar-refractivity contribution in [1.29, 1.82) is 0 Å². The zero-order valence-electron chi connectivity index (χ0n) is 14.0. The summed E-state index contributed by atoms with van der Waals surface area (Å²) in [5.74, 6) is -0.132. The van der Waals surface area contributed by atoms with E-state index in [1.807, 2.05) is 0 Å². The summed E-state index contributed by atoms with van der Waals surface area (Å²) in [5, 5.41) is 4.69. The first kappa shape index (κ1) is 17.9. The van der Waals surface area contributed by atoms with Crippen molar-refractivity contribution in [3.05, 3.63) is 16.3 Å². The Morgan fingerprint density at radius 3 is 2.33 bits per heavy atom.